The van der Waals surface area contributed by atoms with E-state index in [0.717, 1.165) is 32.0 Å². The van der Waals surface area contributed by atoms with Gasteiger partial charge in [-0.05, 0) is 44.8 Å². The Bertz CT molecular complexity index is 495. The third-order valence-electron chi connectivity index (χ3n) is 4.78. The van der Waals surface area contributed by atoms with Crippen LogP contribution in [0.5, 0.6) is 0 Å². The fraction of sp³-hybridized carbons (Fsp3) is 0.632. The highest BCUT2D eigenvalue weighted by Crippen LogP contribution is 2.17. The Morgan fingerprint density at radius 3 is 2.74 bits per heavy atom. The van der Waals surface area contributed by atoms with E-state index in [9.17, 15) is 0 Å². The molecule has 1 heterocycles. The average molecular weight is 316 g/mol. The lowest BCUT2D eigenvalue weighted by atomic mass is 10.1. The quantitative estimate of drug-likeness (QED) is 0.646. The van der Waals surface area contributed by atoms with Crippen LogP contribution in [0.15, 0.2) is 29.3 Å². The topological polar surface area (TPSA) is 30.9 Å². The lowest BCUT2D eigenvalue weighted by molar-refractivity contribution is 0.233. The molecule has 4 heteroatoms. The van der Waals surface area contributed by atoms with Crippen molar-refractivity contribution in [2.75, 3.05) is 40.3 Å². The van der Waals surface area contributed by atoms with Crippen molar-refractivity contribution in [2.24, 2.45) is 4.99 Å². The number of benzene rings is 1. The van der Waals surface area contributed by atoms with Crippen molar-refractivity contribution in [3.63, 3.8) is 0 Å². The monoisotopic (exact) mass is 316 g/mol. The predicted octanol–water partition coefficient (Wildman–Crippen LogP) is 2.53. The summed E-state index contributed by atoms with van der Waals surface area (Å²) in [5.41, 5.74) is 2.68. The molecule has 0 saturated carbocycles. The van der Waals surface area contributed by atoms with Gasteiger partial charge < -0.3 is 10.2 Å². The van der Waals surface area contributed by atoms with Gasteiger partial charge >= 0.3 is 0 Å². The number of aryl methyl sites for hydroxylation is 1. The first-order valence-corrected chi connectivity index (χ1v) is 8.85. The minimum absolute atomic E-state index is 0.667. The molecule has 1 aliphatic rings. The maximum absolute atomic E-state index is 4.44. The van der Waals surface area contributed by atoms with E-state index < -0.39 is 0 Å². The standard InChI is InChI=1S/C19H32N4/c1-5-23-14-6-7-18(23)15-22(4)19(20-3)21-13-12-17-10-8-16(2)9-11-17/h8-11,18H,5-7,12-15H2,1-4H3,(H,20,21). The van der Waals surface area contributed by atoms with E-state index in [1.54, 1.807) is 0 Å². The molecule has 4 nitrogen and oxygen atoms in total. The van der Waals surface area contributed by atoms with Crippen LogP contribution in [0, 0.1) is 6.92 Å². The van der Waals surface area contributed by atoms with E-state index in [1.807, 2.05) is 7.05 Å². The van der Waals surface area contributed by atoms with Crippen LogP contribution in [0.3, 0.4) is 0 Å². The summed E-state index contributed by atoms with van der Waals surface area (Å²) in [5, 5.41) is 3.50. The van der Waals surface area contributed by atoms with Gasteiger partial charge in [0.1, 0.15) is 0 Å². The zero-order chi connectivity index (χ0) is 16.7. The zero-order valence-corrected chi connectivity index (χ0v) is 15.2. The van der Waals surface area contributed by atoms with Crippen LogP contribution in [0.2, 0.25) is 0 Å². The number of nitrogens with one attached hydrogen (secondary N) is 1. The second-order valence-corrected chi connectivity index (χ2v) is 6.51. The Balaban J connectivity index is 1.78. The van der Waals surface area contributed by atoms with Gasteiger partial charge in [-0.2, -0.15) is 0 Å². The third-order valence-corrected chi connectivity index (χ3v) is 4.78. The van der Waals surface area contributed by atoms with Gasteiger partial charge in [-0.15, -0.1) is 0 Å². The van der Waals surface area contributed by atoms with Gasteiger partial charge in [0.15, 0.2) is 5.96 Å². The Morgan fingerprint density at radius 1 is 1.35 bits per heavy atom. The summed E-state index contributed by atoms with van der Waals surface area (Å²) < 4.78 is 0. The molecule has 1 aliphatic heterocycles. The summed E-state index contributed by atoms with van der Waals surface area (Å²) in [6, 6.07) is 9.44. The maximum Gasteiger partial charge on any atom is 0.193 e. The summed E-state index contributed by atoms with van der Waals surface area (Å²) in [4.78, 5) is 9.29. The molecule has 1 aromatic carbocycles. The summed E-state index contributed by atoms with van der Waals surface area (Å²) in [6.07, 6.45) is 3.65. The smallest absolute Gasteiger partial charge is 0.193 e. The second kappa shape index (κ2) is 8.92. The first-order valence-electron chi connectivity index (χ1n) is 8.85. The summed E-state index contributed by atoms with van der Waals surface area (Å²) >= 11 is 0. The van der Waals surface area contributed by atoms with E-state index in [2.05, 4.69) is 65.3 Å². The first-order chi connectivity index (χ1) is 11.1. The molecule has 1 atom stereocenters. The minimum Gasteiger partial charge on any atom is -0.356 e. The highest BCUT2D eigenvalue weighted by atomic mass is 15.3. The van der Waals surface area contributed by atoms with Crippen molar-refractivity contribution in [1.29, 1.82) is 0 Å². The molecular weight excluding hydrogens is 284 g/mol. The van der Waals surface area contributed by atoms with Crippen LogP contribution >= 0.6 is 0 Å². The van der Waals surface area contributed by atoms with E-state index in [-0.39, 0.29) is 0 Å². The fourth-order valence-corrected chi connectivity index (χ4v) is 3.38. The van der Waals surface area contributed by atoms with Crippen LogP contribution in [0.25, 0.3) is 0 Å². The molecule has 1 saturated heterocycles. The Hall–Kier alpha value is -1.55. The van der Waals surface area contributed by atoms with Gasteiger partial charge in [-0.25, -0.2) is 0 Å². The van der Waals surface area contributed by atoms with Crippen LogP contribution in [0.1, 0.15) is 30.9 Å². The van der Waals surface area contributed by atoms with E-state index in [0.29, 0.717) is 6.04 Å². The lowest BCUT2D eigenvalue weighted by Crippen LogP contribution is -2.46. The largest absolute Gasteiger partial charge is 0.356 e. The highest BCUT2D eigenvalue weighted by Gasteiger charge is 2.24. The Kier molecular flexibility index (Phi) is 6.90. The Labute approximate surface area is 141 Å². The molecule has 1 fully saturated rings. The number of hydrogen-bond donors (Lipinski definition) is 1. The summed E-state index contributed by atoms with van der Waals surface area (Å²) in [6.45, 7) is 8.75. The summed E-state index contributed by atoms with van der Waals surface area (Å²) in [5.74, 6) is 1.00. The van der Waals surface area contributed by atoms with Gasteiger partial charge in [0.25, 0.3) is 0 Å². The second-order valence-electron chi connectivity index (χ2n) is 6.51. The normalized spacial score (nSPS) is 19.1. The number of nitrogens with zero attached hydrogens (tertiary/aromatic N) is 3. The van der Waals surface area contributed by atoms with E-state index in [4.69, 9.17) is 0 Å². The maximum atomic E-state index is 4.44. The molecule has 128 valence electrons. The number of rotatable bonds is 6. The van der Waals surface area contributed by atoms with Crippen LogP contribution in [-0.2, 0) is 6.42 Å². The fourth-order valence-electron chi connectivity index (χ4n) is 3.38. The van der Waals surface area contributed by atoms with Crippen molar-refractivity contribution in [3.05, 3.63) is 35.4 Å². The van der Waals surface area contributed by atoms with Crippen LogP contribution < -0.4 is 5.32 Å². The molecule has 0 amide bonds. The first kappa shape index (κ1) is 17.8. The third kappa shape index (κ3) is 5.24. The van der Waals surface area contributed by atoms with Gasteiger partial charge in [-0.3, -0.25) is 9.89 Å². The van der Waals surface area contributed by atoms with Gasteiger partial charge in [0, 0.05) is 33.2 Å². The summed E-state index contributed by atoms with van der Waals surface area (Å²) in [7, 11) is 4.02. The van der Waals surface area contributed by atoms with Gasteiger partial charge in [-0.1, -0.05) is 36.8 Å². The number of hydrogen-bond acceptors (Lipinski definition) is 2. The molecule has 2 rings (SSSR count). The van der Waals surface area contributed by atoms with Crippen LogP contribution in [-0.4, -0.2) is 62.1 Å². The predicted molar refractivity (Wildman–Crippen MR) is 99.1 cm³/mol. The van der Waals surface area contributed by atoms with Crippen molar-refractivity contribution in [3.8, 4) is 0 Å². The molecular formula is C19H32N4. The van der Waals surface area contributed by atoms with Crippen molar-refractivity contribution in [1.82, 2.24) is 15.1 Å². The molecule has 0 aliphatic carbocycles. The number of likely N-dealkylation sites (tertiary alicyclic amines) is 1. The van der Waals surface area contributed by atoms with E-state index in [1.165, 1.54) is 30.5 Å². The molecule has 0 aromatic heterocycles. The molecule has 0 spiro atoms. The van der Waals surface area contributed by atoms with Crippen LogP contribution in [0.4, 0.5) is 0 Å². The Morgan fingerprint density at radius 2 is 2.09 bits per heavy atom. The SMILES string of the molecule is CCN1CCCC1CN(C)C(=NC)NCCc1ccc(C)cc1. The van der Waals surface area contributed by atoms with Crippen molar-refractivity contribution >= 4 is 5.96 Å². The van der Waals surface area contributed by atoms with Crippen molar-refractivity contribution < 1.29 is 0 Å². The molecule has 0 bridgehead atoms. The highest BCUT2D eigenvalue weighted by molar-refractivity contribution is 5.79. The zero-order valence-electron chi connectivity index (χ0n) is 15.2. The van der Waals surface area contributed by atoms with Crippen molar-refractivity contribution in [2.45, 2.75) is 39.2 Å². The lowest BCUT2D eigenvalue weighted by Gasteiger charge is -2.29. The molecule has 0 radical (unpaired) electrons. The van der Waals surface area contributed by atoms with Gasteiger partial charge in [0.2, 0.25) is 0 Å². The number of likely N-dealkylation sites (N-methyl/N-ethyl adjacent to an activating group) is 2. The van der Waals surface area contributed by atoms with E-state index >= 15 is 0 Å². The molecule has 1 unspecified atom stereocenters. The molecule has 1 aromatic rings. The molecule has 23 heavy (non-hydrogen) atoms. The number of guanidine groups is 1. The minimum atomic E-state index is 0.667. The number of aliphatic imine (C=N–C) groups is 1. The average Bonchev–Trinajstić information content (AvgIpc) is 3.00. The van der Waals surface area contributed by atoms with Gasteiger partial charge in [0.05, 0.1) is 0 Å². The molecule has 1 N–H and O–H groups in total.